The van der Waals surface area contributed by atoms with Crippen LogP contribution in [-0.4, -0.2) is 9.55 Å². The van der Waals surface area contributed by atoms with Gasteiger partial charge in [-0.1, -0.05) is 183 Å². The monoisotopic (exact) mass is 1140 g/mol. The first kappa shape index (κ1) is 45.6. The maximum atomic E-state index is 8.10. The number of fused-ring (bicyclic) bond motifs is 4. The van der Waals surface area contributed by atoms with Gasteiger partial charge in [0.1, 0.15) is 5.82 Å². The Bertz CT molecular complexity index is 3780. The van der Waals surface area contributed by atoms with Crippen molar-refractivity contribution in [3.8, 4) is 50.7 Å². The largest absolute Gasteiger partial charge is 0.509 e. The number of benzene rings is 8. The number of pyridine rings is 1. The van der Waals surface area contributed by atoms with Crippen LogP contribution in [0.2, 0.25) is 0 Å². The maximum Gasteiger partial charge on any atom is 0.135 e. The molecular formula is C67H61N4OPt-3. The number of ether oxygens (including phenoxy) is 1. The Hall–Kier alpha value is -7.20. The quantitative estimate of drug-likeness (QED) is 0.142. The summed E-state index contributed by atoms with van der Waals surface area (Å²) in [6.07, 6.45) is 1.55. The van der Waals surface area contributed by atoms with E-state index in [1.54, 1.807) is 18.3 Å². The number of hydrogen-bond donors (Lipinski definition) is 0. The minimum absolute atomic E-state index is 0. The van der Waals surface area contributed by atoms with Crippen molar-refractivity contribution in [2.75, 3.05) is 9.80 Å². The standard InChI is InChI=1S/C67H61N4O.Pt/c1-44-37-38-68-63(39-44)71-59-22-12-11-19-55(59)56-36-34-52(42-62(56)71)72-51-18-15-17-50(41-51)69-43-70(61-24-14-13-23-60(61)69)64-53(47-27-25-45(26-28-47)46-29-31-48(32-30-46)65(2,3)4)20-16-21-57(64)54-35-33-49(66(5,6)7)40-58(54)67(8,9)10;/h11-40,43H,1-10H3;/q-3;/i1D3;. The Morgan fingerprint density at radius 3 is 1.86 bits per heavy atom. The SMILES string of the molecule is [2H]C([2H])([2H])c1ccnc(-n2c3[c-]c(Oc4[c-]c(N5[CH-]N(c6c(-c7ccc(-c8ccc(C(C)(C)C)cc8)cc7)cccc6-c6ccc(C(C)(C)C)cc6C(C)(C)C)c6ccccc65)ccc4)ccc3c3ccccc32)c1.[Pt]. The van der Waals surface area contributed by atoms with Crippen LogP contribution in [0.3, 0.4) is 0 Å². The molecule has 3 heterocycles. The average molecular weight is 1140 g/mol. The van der Waals surface area contributed by atoms with Gasteiger partial charge in [0.2, 0.25) is 0 Å². The molecule has 0 aliphatic carbocycles. The molecule has 2 aromatic heterocycles. The van der Waals surface area contributed by atoms with Crippen molar-refractivity contribution in [3.05, 3.63) is 223 Å². The van der Waals surface area contributed by atoms with Crippen LogP contribution in [0, 0.1) is 25.7 Å². The molecule has 0 saturated carbocycles. The second-order valence-corrected chi connectivity index (χ2v) is 22.1. The average Bonchev–Trinajstić information content (AvgIpc) is 4.03. The molecule has 5 nitrogen and oxygen atoms in total. The molecule has 73 heavy (non-hydrogen) atoms. The minimum atomic E-state index is -2.29. The summed E-state index contributed by atoms with van der Waals surface area (Å²) in [5, 5.41) is 1.94. The van der Waals surface area contributed by atoms with E-state index in [-0.39, 0.29) is 42.9 Å². The number of rotatable bonds is 8. The van der Waals surface area contributed by atoms with Gasteiger partial charge < -0.3 is 19.1 Å². The molecule has 1 aliphatic rings. The molecule has 0 bridgehead atoms. The summed E-state index contributed by atoms with van der Waals surface area (Å²) in [4.78, 5) is 9.18. The van der Waals surface area contributed by atoms with Gasteiger partial charge in [-0.2, -0.15) is 12.1 Å². The van der Waals surface area contributed by atoms with Crippen molar-refractivity contribution in [1.29, 1.82) is 0 Å². The Labute approximate surface area is 450 Å². The van der Waals surface area contributed by atoms with E-state index in [9.17, 15) is 0 Å². The molecule has 10 aromatic rings. The number of aromatic nitrogens is 2. The van der Waals surface area contributed by atoms with E-state index in [2.05, 4.69) is 217 Å². The third-order valence-electron chi connectivity index (χ3n) is 13.9. The Morgan fingerprint density at radius 1 is 0.521 bits per heavy atom. The number of aryl methyl sites for hydroxylation is 1. The van der Waals surface area contributed by atoms with Gasteiger partial charge in [0.15, 0.2) is 0 Å². The molecule has 0 fully saturated rings. The van der Waals surface area contributed by atoms with Crippen LogP contribution >= 0.6 is 0 Å². The van der Waals surface area contributed by atoms with Gasteiger partial charge in [-0.25, -0.2) is 4.98 Å². The zero-order valence-electron chi connectivity index (χ0n) is 45.9. The fourth-order valence-electron chi connectivity index (χ4n) is 10.1. The molecule has 0 saturated heterocycles. The van der Waals surface area contributed by atoms with Gasteiger partial charge in [0, 0.05) is 76.6 Å². The van der Waals surface area contributed by atoms with Crippen molar-refractivity contribution in [1.82, 2.24) is 9.55 Å². The van der Waals surface area contributed by atoms with Crippen LogP contribution in [-0.2, 0) is 37.3 Å². The molecule has 0 atom stereocenters. The first-order chi connectivity index (χ1) is 35.7. The van der Waals surface area contributed by atoms with Crippen molar-refractivity contribution < 1.29 is 29.9 Å². The predicted molar refractivity (Wildman–Crippen MR) is 301 cm³/mol. The zero-order chi connectivity index (χ0) is 52.6. The summed E-state index contributed by atoms with van der Waals surface area (Å²) in [7, 11) is 0. The normalized spacial score (nSPS) is 13.6. The summed E-state index contributed by atoms with van der Waals surface area (Å²) in [5.74, 6) is 1.49. The zero-order valence-corrected chi connectivity index (χ0v) is 45.2. The first-order valence-corrected chi connectivity index (χ1v) is 24.9. The number of anilines is 4. The Balaban J connectivity index is 0.00000657. The van der Waals surface area contributed by atoms with E-state index in [1.807, 2.05) is 47.0 Å². The van der Waals surface area contributed by atoms with E-state index in [0.717, 1.165) is 61.2 Å². The first-order valence-electron chi connectivity index (χ1n) is 26.4. The van der Waals surface area contributed by atoms with E-state index in [0.29, 0.717) is 17.3 Å². The Morgan fingerprint density at radius 2 is 1.15 bits per heavy atom. The Kier molecular flexibility index (Phi) is 11.9. The number of nitrogens with zero attached hydrogens (tertiary/aromatic N) is 4. The second-order valence-electron chi connectivity index (χ2n) is 22.1. The van der Waals surface area contributed by atoms with E-state index >= 15 is 0 Å². The van der Waals surface area contributed by atoms with Crippen LogP contribution < -0.4 is 14.5 Å². The fourth-order valence-corrected chi connectivity index (χ4v) is 10.1. The molecule has 1 aliphatic heterocycles. The van der Waals surface area contributed by atoms with Gasteiger partial charge in [0.25, 0.3) is 0 Å². The summed E-state index contributed by atoms with van der Waals surface area (Å²) in [5.41, 5.74) is 16.5. The van der Waals surface area contributed by atoms with E-state index < -0.39 is 6.85 Å². The third-order valence-corrected chi connectivity index (χ3v) is 13.9. The molecule has 0 amide bonds. The molecule has 0 N–H and O–H groups in total. The van der Waals surface area contributed by atoms with Gasteiger partial charge in [0.05, 0.1) is 0 Å². The molecule has 368 valence electrons. The summed E-state index contributed by atoms with van der Waals surface area (Å²) in [6, 6.07) is 68.5. The molecule has 0 radical (unpaired) electrons. The minimum Gasteiger partial charge on any atom is -0.509 e. The van der Waals surface area contributed by atoms with E-state index in [4.69, 9.17) is 8.85 Å². The van der Waals surface area contributed by atoms with Crippen molar-refractivity contribution >= 4 is 44.6 Å². The van der Waals surface area contributed by atoms with Crippen molar-refractivity contribution in [2.45, 2.75) is 85.4 Å². The molecule has 11 rings (SSSR count). The van der Waals surface area contributed by atoms with Gasteiger partial charge >= 0.3 is 0 Å². The van der Waals surface area contributed by atoms with Crippen LogP contribution in [0.4, 0.5) is 22.7 Å². The molecular weight excluding hydrogens is 1070 g/mol. The smallest absolute Gasteiger partial charge is 0.135 e. The molecule has 8 aromatic carbocycles. The van der Waals surface area contributed by atoms with Gasteiger partial charge in [-0.05, 0) is 103 Å². The fraction of sp³-hybridized carbons (Fsp3) is 0.194. The summed E-state index contributed by atoms with van der Waals surface area (Å²) >= 11 is 0. The maximum absolute atomic E-state index is 8.10. The summed E-state index contributed by atoms with van der Waals surface area (Å²) < 4.78 is 32.9. The van der Waals surface area contributed by atoms with Gasteiger partial charge in [-0.3, -0.25) is 0 Å². The second kappa shape index (κ2) is 19.0. The van der Waals surface area contributed by atoms with Crippen LogP contribution in [0.1, 0.15) is 88.7 Å². The van der Waals surface area contributed by atoms with E-state index in [1.165, 1.54) is 33.4 Å². The number of para-hydroxylation sites is 4. The van der Waals surface area contributed by atoms with Crippen LogP contribution in [0.5, 0.6) is 11.5 Å². The van der Waals surface area contributed by atoms with Crippen LogP contribution in [0.25, 0.3) is 61.0 Å². The van der Waals surface area contributed by atoms with Crippen LogP contribution in [0.15, 0.2) is 182 Å². The topological polar surface area (TPSA) is 33.5 Å². The molecule has 0 unspecified atom stereocenters. The van der Waals surface area contributed by atoms with Gasteiger partial charge in [-0.15, -0.1) is 48.1 Å². The molecule has 6 heteroatoms. The van der Waals surface area contributed by atoms with Crippen molar-refractivity contribution in [3.63, 3.8) is 0 Å². The third kappa shape index (κ3) is 9.41. The predicted octanol–water partition coefficient (Wildman–Crippen LogP) is 18.2. The number of hydrogen-bond acceptors (Lipinski definition) is 4. The van der Waals surface area contributed by atoms with Crippen molar-refractivity contribution in [2.24, 2.45) is 0 Å². The summed E-state index contributed by atoms with van der Waals surface area (Å²) in [6.45, 7) is 20.4. The molecule has 0 spiro atoms.